The van der Waals surface area contributed by atoms with Gasteiger partial charge in [0.1, 0.15) is 5.01 Å². The van der Waals surface area contributed by atoms with E-state index < -0.39 is 0 Å². The maximum atomic E-state index is 5.34. The van der Waals surface area contributed by atoms with Crippen molar-refractivity contribution in [3.8, 4) is 22.8 Å². The number of rotatable bonds is 5. The molecule has 4 aromatic rings. The zero-order valence-electron chi connectivity index (χ0n) is 16.3. The predicted molar refractivity (Wildman–Crippen MR) is 115 cm³/mol. The van der Waals surface area contributed by atoms with Gasteiger partial charge in [-0.25, -0.2) is 9.97 Å². The van der Waals surface area contributed by atoms with E-state index in [1.54, 1.807) is 31.8 Å². The van der Waals surface area contributed by atoms with E-state index in [4.69, 9.17) is 9.47 Å². The molecule has 1 aromatic carbocycles. The highest BCUT2D eigenvalue weighted by atomic mass is 32.1. The van der Waals surface area contributed by atoms with Crippen LogP contribution in [0.1, 0.15) is 18.9 Å². The number of ether oxygens (including phenoxy) is 2. The van der Waals surface area contributed by atoms with Crippen LogP contribution in [0.25, 0.3) is 21.3 Å². The lowest BCUT2D eigenvalue weighted by atomic mass is 10.1. The van der Waals surface area contributed by atoms with Gasteiger partial charge in [0, 0.05) is 11.8 Å². The number of aromatic nitrogens is 4. The fourth-order valence-electron chi connectivity index (χ4n) is 2.49. The first kappa shape index (κ1) is 20.0. The number of hydrogen-bond donors (Lipinski definition) is 1. The van der Waals surface area contributed by atoms with E-state index in [-0.39, 0.29) is 0 Å². The Morgan fingerprint density at radius 2 is 1.75 bits per heavy atom. The molecule has 0 amide bonds. The van der Waals surface area contributed by atoms with E-state index in [0.29, 0.717) is 11.6 Å². The highest BCUT2D eigenvalue weighted by Crippen LogP contribution is 2.34. The summed E-state index contributed by atoms with van der Waals surface area (Å²) < 4.78 is 11.6. The lowest BCUT2D eigenvalue weighted by Gasteiger charge is -2.08. The summed E-state index contributed by atoms with van der Waals surface area (Å²) in [5, 5.41) is 13.7. The van der Waals surface area contributed by atoms with Gasteiger partial charge in [-0.3, -0.25) is 0 Å². The van der Waals surface area contributed by atoms with Gasteiger partial charge in [-0.05, 0) is 30.7 Å². The Bertz CT molecular complexity index is 1080. The Morgan fingerprint density at radius 1 is 0.929 bits per heavy atom. The van der Waals surface area contributed by atoms with Crippen LogP contribution in [0.4, 0.5) is 10.3 Å². The minimum atomic E-state index is 0.467. The summed E-state index contributed by atoms with van der Waals surface area (Å²) in [6.45, 7) is 5.92. The van der Waals surface area contributed by atoms with Crippen LogP contribution in [0.3, 0.4) is 0 Å². The van der Waals surface area contributed by atoms with E-state index in [9.17, 15) is 0 Å². The second kappa shape index (κ2) is 8.94. The lowest BCUT2D eigenvalue weighted by Crippen LogP contribution is -1.93. The quantitative estimate of drug-likeness (QED) is 0.473. The molecule has 0 spiro atoms. The molecular weight excluding hydrogens is 394 g/mol. The van der Waals surface area contributed by atoms with Gasteiger partial charge < -0.3 is 14.8 Å². The van der Waals surface area contributed by atoms with E-state index in [1.807, 2.05) is 39.0 Å². The minimum absolute atomic E-state index is 0.467. The number of nitrogens with zero attached hydrogens (tertiary/aromatic N) is 4. The van der Waals surface area contributed by atoms with Crippen LogP contribution in [-0.2, 0) is 0 Å². The van der Waals surface area contributed by atoms with Crippen LogP contribution < -0.4 is 14.8 Å². The summed E-state index contributed by atoms with van der Waals surface area (Å²) in [7, 11) is 3.17. The predicted octanol–water partition coefficient (Wildman–Crippen LogP) is 5.31. The van der Waals surface area contributed by atoms with Crippen LogP contribution in [0, 0.1) is 6.92 Å². The summed E-state index contributed by atoms with van der Waals surface area (Å²) in [6.07, 6.45) is 1.77. The Hall–Kier alpha value is -2.78. The molecule has 0 bridgehead atoms. The van der Waals surface area contributed by atoms with Crippen LogP contribution >= 0.6 is 22.7 Å². The second-order valence-electron chi connectivity index (χ2n) is 5.39. The number of fused-ring (bicyclic) bond motifs is 1. The number of methoxy groups -OCH3 is 2. The topological polar surface area (TPSA) is 82.0 Å². The number of benzene rings is 1. The highest BCUT2D eigenvalue weighted by molar-refractivity contribution is 7.22. The summed E-state index contributed by atoms with van der Waals surface area (Å²) in [4.78, 5) is 8.90. The minimum Gasteiger partial charge on any atom is -0.491 e. The number of pyridine rings is 1. The first-order chi connectivity index (χ1) is 13.7. The maximum absolute atomic E-state index is 5.34. The summed E-state index contributed by atoms with van der Waals surface area (Å²) in [6, 6.07) is 8.02. The van der Waals surface area contributed by atoms with Gasteiger partial charge >= 0.3 is 0 Å². The van der Waals surface area contributed by atoms with E-state index in [1.165, 1.54) is 11.3 Å². The molecule has 1 N–H and O–H groups in total. The maximum Gasteiger partial charge on any atom is 0.256 e. The fourth-order valence-corrected chi connectivity index (χ4v) is 4.05. The van der Waals surface area contributed by atoms with Crippen molar-refractivity contribution in [2.24, 2.45) is 0 Å². The number of aryl methyl sites for hydroxylation is 1. The first-order valence-electron chi connectivity index (χ1n) is 8.72. The average Bonchev–Trinajstić information content (AvgIpc) is 3.33. The molecule has 0 radical (unpaired) electrons. The molecular formula is C19H21N5O2S2. The SMILES string of the molecule is CC.COc1cc(-c2ccc3nc(Nc4nnc(C)s4)sc3c2)cnc1OC. The van der Waals surface area contributed by atoms with Crippen LogP contribution in [0.2, 0.25) is 0 Å². The molecule has 28 heavy (non-hydrogen) atoms. The molecule has 0 saturated heterocycles. The van der Waals surface area contributed by atoms with Crippen molar-refractivity contribution in [2.75, 3.05) is 19.5 Å². The van der Waals surface area contributed by atoms with Crippen molar-refractivity contribution < 1.29 is 9.47 Å². The van der Waals surface area contributed by atoms with Crippen molar-refractivity contribution in [1.82, 2.24) is 20.2 Å². The summed E-state index contributed by atoms with van der Waals surface area (Å²) in [5.74, 6) is 1.07. The standard InChI is InChI=1S/C17H15N5O2S2.C2H6/c1-9-21-22-17(25-9)20-16-19-12-5-4-10(7-14(12)26-16)11-6-13(23-2)15(24-3)18-8-11;1-2/h4-8H,1-3H3,(H,19,20,22);1-2H3. The molecule has 9 heteroatoms. The molecule has 146 valence electrons. The first-order valence-corrected chi connectivity index (χ1v) is 10.4. The van der Waals surface area contributed by atoms with Gasteiger partial charge in [0.05, 0.1) is 24.4 Å². The molecule has 0 atom stereocenters. The molecule has 0 aliphatic heterocycles. The molecule has 0 fully saturated rings. The Balaban J connectivity index is 0.00000109. The van der Waals surface area contributed by atoms with Gasteiger partial charge in [-0.15, -0.1) is 10.2 Å². The molecule has 7 nitrogen and oxygen atoms in total. The number of anilines is 2. The third-order valence-electron chi connectivity index (χ3n) is 3.69. The molecule has 0 aliphatic carbocycles. The van der Waals surface area contributed by atoms with Crippen LogP contribution in [-0.4, -0.2) is 34.4 Å². The highest BCUT2D eigenvalue weighted by Gasteiger charge is 2.11. The zero-order valence-corrected chi connectivity index (χ0v) is 17.9. The summed E-state index contributed by atoms with van der Waals surface area (Å²) in [5.41, 5.74) is 2.91. The molecule has 4 rings (SSSR count). The third kappa shape index (κ3) is 4.20. The number of hydrogen-bond acceptors (Lipinski definition) is 9. The Morgan fingerprint density at radius 3 is 2.43 bits per heavy atom. The number of nitrogens with one attached hydrogen (secondary N) is 1. The van der Waals surface area contributed by atoms with Gasteiger partial charge in [0.2, 0.25) is 5.13 Å². The van der Waals surface area contributed by atoms with Crippen molar-refractivity contribution in [2.45, 2.75) is 20.8 Å². The molecule has 0 aliphatic rings. The summed E-state index contributed by atoms with van der Waals surface area (Å²) >= 11 is 3.07. The van der Waals surface area contributed by atoms with E-state index >= 15 is 0 Å². The number of thiazole rings is 1. The normalized spacial score (nSPS) is 10.3. The van der Waals surface area contributed by atoms with Crippen molar-refractivity contribution >= 4 is 43.2 Å². The van der Waals surface area contributed by atoms with E-state index in [0.717, 1.165) is 36.6 Å². The molecule has 3 heterocycles. The monoisotopic (exact) mass is 415 g/mol. The van der Waals surface area contributed by atoms with Gasteiger partial charge in [0.25, 0.3) is 5.88 Å². The van der Waals surface area contributed by atoms with Crippen molar-refractivity contribution in [3.63, 3.8) is 0 Å². The fraction of sp³-hybridized carbons (Fsp3) is 0.263. The Labute approximate surface area is 171 Å². The van der Waals surface area contributed by atoms with Crippen LogP contribution in [0.15, 0.2) is 30.5 Å². The largest absolute Gasteiger partial charge is 0.491 e. The second-order valence-corrected chi connectivity index (χ2v) is 7.60. The van der Waals surface area contributed by atoms with Gasteiger partial charge in [0.15, 0.2) is 10.9 Å². The van der Waals surface area contributed by atoms with Crippen LogP contribution in [0.5, 0.6) is 11.6 Å². The van der Waals surface area contributed by atoms with Crippen molar-refractivity contribution in [3.05, 3.63) is 35.5 Å². The van der Waals surface area contributed by atoms with Gasteiger partial charge in [-0.2, -0.15) is 0 Å². The molecule has 0 saturated carbocycles. The lowest BCUT2D eigenvalue weighted by molar-refractivity contribution is 0.343. The average molecular weight is 416 g/mol. The third-order valence-corrected chi connectivity index (χ3v) is 5.38. The zero-order chi connectivity index (χ0) is 20.1. The Kier molecular flexibility index (Phi) is 6.37. The molecule has 0 unspecified atom stereocenters. The van der Waals surface area contributed by atoms with Crippen molar-refractivity contribution in [1.29, 1.82) is 0 Å². The van der Waals surface area contributed by atoms with E-state index in [2.05, 4.69) is 31.5 Å². The smallest absolute Gasteiger partial charge is 0.256 e. The molecule has 3 aromatic heterocycles. The van der Waals surface area contributed by atoms with Gasteiger partial charge in [-0.1, -0.05) is 42.6 Å².